The van der Waals surface area contributed by atoms with Gasteiger partial charge in [-0.2, -0.15) is 0 Å². The van der Waals surface area contributed by atoms with E-state index in [1.807, 2.05) is 18.2 Å². The number of hydrogen-bond acceptors (Lipinski definition) is 4. The van der Waals surface area contributed by atoms with Crippen molar-refractivity contribution in [2.75, 3.05) is 18.2 Å². The zero-order valence-electron chi connectivity index (χ0n) is 14.2. The average Bonchev–Trinajstić information content (AvgIpc) is 3.28. The van der Waals surface area contributed by atoms with Crippen LogP contribution in [0.1, 0.15) is 12.0 Å². The van der Waals surface area contributed by atoms with Crippen molar-refractivity contribution < 1.29 is 19.1 Å². The van der Waals surface area contributed by atoms with Crippen molar-refractivity contribution >= 4 is 40.7 Å². The molecule has 2 amide bonds. The molecule has 140 valence electrons. The third-order valence-electron chi connectivity index (χ3n) is 4.62. The fourth-order valence-electron chi connectivity index (χ4n) is 3.20. The molecule has 27 heavy (non-hydrogen) atoms. The molecule has 0 unspecified atom stereocenters. The van der Waals surface area contributed by atoms with Crippen LogP contribution in [-0.2, 0) is 16.1 Å². The minimum atomic E-state index is -0.443. The highest BCUT2D eigenvalue weighted by Crippen LogP contribution is 2.36. The first-order valence-electron chi connectivity index (χ1n) is 8.43. The van der Waals surface area contributed by atoms with Crippen molar-refractivity contribution in [2.45, 2.75) is 13.0 Å². The molecule has 6 nitrogen and oxygen atoms in total. The van der Waals surface area contributed by atoms with E-state index in [1.165, 1.54) is 4.90 Å². The first kappa shape index (κ1) is 17.9. The maximum absolute atomic E-state index is 12.5. The lowest BCUT2D eigenvalue weighted by molar-refractivity contribution is -0.126. The molecule has 0 spiro atoms. The van der Waals surface area contributed by atoms with Gasteiger partial charge < -0.3 is 19.7 Å². The quantitative estimate of drug-likeness (QED) is 0.844. The molecule has 2 heterocycles. The van der Waals surface area contributed by atoms with E-state index in [-0.39, 0.29) is 31.6 Å². The third-order valence-corrected chi connectivity index (χ3v) is 5.43. The highest BCUT2D eigenvalue weighted by atomic mass is 35.5. The van der Waals surface area contributed by atoms with Gasteiger partial charge in [0.25, 0.3) is 0 Å². The minimum absolute atomic E-state index is 0.135. The molecule has 0 saturated carbocycles. The summed E-state index contributed by atoms with van der Waals surface area (Å²) >= 11 is 12.2. The number of carbonyl (C=O) groups excluding carboxylic acids is 2. The van der Waals surface area contributed by atoms with Gasteiger partial charge in [0.15, 0.2) is 11.5 Å². The Hall–Kier alpha value is -2.44. The number of fused-ring (bicyclic) bond motifs is 1. The van der Waals surface area contributed by atoms with E-state index in [9.17, 15) is 9.59 Å². The van der Waals surface area contributed by atoms with Crippen molar-refractivity contribution in [2.24, 2.45) is 5.92 Å². The second-order valence-electron chi connectivity index (χ2n) is 6.38. The van der Waals surface area contributed by atoms with Gasteiger partial charge in [0.05, 0.1) is 21.7 Å². The molecule has 1 N–H and O–H groups in total. The van der Waals surface area contributed by atoms with Crippen LogP contribution in [0.15, 0.2) is 36.4 Å². The van der Waals surface area contributed by atoms with Gasteiger partial charge >= 0.3 is 0 Å². The summed E-state index contributed by atoms with van der Waals surface area (Å²) in [7, 11) is 0. The predicted molar refractivity (Wildman–Crippen MR) is 101 cm³/mol. The summed E-state index contributed by atoms with van der Waals surface area (Å²) in [6.45, 7) is 0.821. The monoisotopic (exact) mass is 406 g/mol. The summed E-state index contributed by atoms with van der Waals surface area (Å²) in [5.41, 5.74) is 1.42. The summed E-state index contributed by atoms with van der Waals surface area (Å²) in [6, 6.07) is 10.6. The third kappa shape index (κ3) is 3.55. The molecule has 0 aromatic heterocycles. The van der Waals surface area contributed by atoms with Crippen LogP contribution in [0.2, 0.25) is 10.0 Å². The van der Waals surface area contributed by atoms with Crippen LogP contribution in [0.25, 0.3) is 0 Å². The van der Waals surface area contributed by atoms with Crippen LogP contribution < -0.4 is 19.7 Å². The van der Waals surface area contributed by atoms with Gasteiger partial charge in [-0.05, 0) is 29.8 Å². The molecule has 0 radical (unpaired) electrons. The Balaban J connectivity index is 1.40. The van der Waals surface area contributed by atoms with Crippen molar-refractivity contribution in [1.82, 2.24) is 5.32 Å². The maximum atomic E-state index is 12.5. The van der Waals surface area contributed by atoms with E-state index in [2.05, 4.69) is 5.32 Å². The molecule has 2 aromatic carbocycles. The Morgan fingerprint density at radius 3 is 2.85 bits per heavy atom. The molecule has 0 bridgehead atoms. The van der Waals surface area contributed by atoms with Crippen LogP contribution in [0.4, 0.5) is 5.69 Å². The standard InChI is InChI=1S/C19H16Cl2N2O4/c20-13-2-1-3-14(18(13)21)23-9-12(7-17(23)24)19(25)22-8-11-4-5-15-16(6-11)27-10-26-15/h1-6,12H,7-10H2,(H,22,25)/t12-/m1/s1. The molecule has 8 heteroatoms. The van der Waals surface area contributed by atoms with Crippen LogP contribution in [0, 0.1) is 5.92 Å². The molecule has 1 atom stereocenters. The first-order valence-corrected chi connectivity index (χ1v) is 9.19. The van der Waals surface area contributed by atoms with Crippen molar-refractivity contribution in [3.8, 4) is 11.5 Å². The fraction of sp³-hybridized carbons (Fsp3) is 0.263. The number of ether oxygens (including phenoxy) is 2. The Labute approximate surface area is 165 Å². The number of amides is 2. The van der Waals surface area contributed by atoms with E-state index in [1.54, 1.807) is 18.2 Å². The summed E-state index contributed by atoms with van der Waals surface area (Å²) in [5, 5.41) is 3.56. The topological polar surface area (TPSA) is 67.9 Å². The minimum Gasteiger partial charge on any atom is -0.454 e. The lowest BCUT2D eigenvalue weighted by atomic mass is 10.1. The molecule has 2 aliphatic heterocycles. The van der Waals surface area contributed by atoms with Gasteiger partial charge in [0, 0.05) is 19.5 Å². The summed E-state index contributed by atoms with van der Waals surface area (Å²) in [5.74, 6) is 0.589. The van der Waals surface area contributed by atoms with Crippen LogP contribution in [0.3, 0.4) is 0 Å². The first-order chi connectivity index (χ1) is 13.0. The van der Waals surface area contributed by atoms with Gasteiger partial charge in [0.1, 0.15) is 0 Å². The molecular weight excluding hydrogens is 391 g/mol. The van der Waals surface area contributed by atoms with E-state index < -0.39 is 5.92 Å². The normalized spacial score (nSPS) is 18.1. The predicted octanol–water partition coefficient (Wildman–Crippen LogP) is 3.39. The second kappa shape index (κ2) is 7.29. The van der Waals surface area contributed by atoms with Gasteiger partial charge in [0.2, 0.25) is 18.6 Å². The molecule has 2 aliphatic rings. The van der Waals surface area contributed by atoms with E-state index in [0.29, 0.717) is 33.8 Å². The molecule has 4 rings (SSSR count). The summed E-state index contributed by atoms with van der Waals surface area (Å²) in [6.07, 6.45) is 0.135. The molecule has 0 aliphatic carbocycles. The Morgan fingerprint density at radius 2 is 2.00 bits per heavy atom. The number of hydrogen-bond donors (Lipinski definition) is 1. The van der Waals surface area contributed by atoms with Crippen LogP contribution in [0.5, 0.6) is 11.5 Å². The fourth-order valence-corrected chi connectivity index (χ4v) is 3.60. The summed E-state index contributed by atoms with van der Waals surface area (Å²) < 4.78 is 10.6. The lowest BCUT2D eigenvalue weighted by Gasteiger charge is -2.18. The Bertz CT molecular complexity index is 919. The zero-order chi connectivity index (χ0) is 19.0. The van der Waals surface area contributed by atoms with Gasteiger partial charge in [-0.15, -0.1) is 0 Å². The molecular formula is C19H16Cl2N2O4. The van der Waals surface area contributed by atoms with Gasteiger partial charge in [-0.3, -0.25) is 9.59 Å². The Morgan fingerprint density at radius 1 is 1.19 bits per heavy atom. The maximum Gasteiger partial charge on any atom is 0.231 e. The largest absolute Gasteiger partial charge is 0.454 e. The highest BCUT2D eigenvalue weighted by Gasteiger charge is 2.36. The number of anilines is 1. The number of halogens is 2. The van der Waals surface area contributed by atoms with E-state index in [4.69, 9.17) is 32.7 Å². The number of benzene rings is 2. The van der Waals surface area contributed by atoms with Crippen molar-refractivity contribution in [3.05, 3.63) is 52.0 Å². The average molecular weight is 407 g/mol. The zero-order valence-corrected chi connectivity index (χ0v) is 15.7. The lowest BCUT2D eigenvalue weighted by Crippen LogP contribution is -2.32. The van der Waals surface area contributed by atoms with Gasteiger partial charge in [-0.25, -0.2) is 0 Å². The van der Waals surface area contributed by atoms with Crippen molar-refractivity contribution in [3.63, 3.8) is 0 Å². The van der Waals surface area contributed by atoms with E-state index >= 15 is 0 Å². The number of nitrogens with one attached hydrogen (secondary N) is 1. The summed E-state index contributed by atoms with van der Waals surface area (Å²) in [4.78, 5) is 26.4. The van der Waals surface area contributed by atoms with E-state index in [0.717, 1.165) is 5.56 Å². The highest BCUT2D eigenvalue weighted by molar-refractivity contribution is 6.44. The molecule has 1 fully saturated rings. The second-order valence-corrected chi connectivity index (χ2v) is 7.17. The van der Waals surface area contributed by atoms with Crippen molar-refractivity contribution in [1.29, 1.82) is 0 Å². The molecule has 2 aromatic rings. The van der Waals surface area contributed by atoms with Crippen LogP contribution in [-0.4, -0.2) is 25.2 Å². The van der Waals surface area contributed by atoms with Crippen LogP contribution >= 0.6 is 23.2 Å². The number of rotatable bonds is 4. The SMILES string of the molecule is O=C(NCc1ccc2c(c1)OCO2)[C@@H]1CC(=O)N(c2cccc(Cl)c2Cl)C1. The molecule has 1 saturated heterocycles. The number of nitrogens with zero attached hydrogens (tertiary/aromatic N) is 1. The number of carbonyl (C=O) groups is 2. The Kier molecular flexibility index (Phi) is 4.85. The smallest absolute Gasteiger partial charge is 0.231 e. The van der Waals surface area contributed by atoms with Gasteiger partial charge in [-0.1, -0.05) is 35.3 Å².